The van der Waals surface area contributed by atoms with Gasteiger partial charge in [-0.1, -0.05) is 12.1 Å². The predicted molar refractivity (Wildman–Crippen MR) is 79.1 cm³/mol. The van der Waals surface area contributed by atoms with Crippen LogP contribution in [0.15, 0.2) is 36.7 Å². The monoisotopic (exact) mass is 304 g/mol. The normalized spacial score (nSPS) is 17.2. The third-order valence-corrected chi connectivity index (χ3v) is 3.78. The average Bonchev–Trinajstić information content (AvgIpc) is 2.97. The molecule has 1 aromatic carbocycles. The van der Waals surface area contributed by atoms with Crippen LogP contribution in [-0.4, -0.2) is 34.4 Å². The minimum absolute atomic E-state index is 0.274. The number of anilines is 1. The zero-order valence-corrected chi connectivity index (χ0v) is 12.0. The third kappa shape index (κ3) is 2.86. The highest BCUT2D eigenvalue weighted by Crippen LogP contribution is 2.21. The van der Waals surface area contributed by atoms with Crippen LogP contribution in [0.3, 0.4) is 0 Å². The van der Waals surface area contributed by atoms with Gasteiger partial charge in [-0.3, -0.25) is 4.79 Å². The number of carbonyl (C=O) groups excluding carboxylic acids is 1. The lowest BCUT2D eigenvalue weighted by atomic mass is 9.90. The summed E-state index contributed by atoms with van der Waals surface area (Å²) >= 11 is 0. The van der Waals surface area contributed by atoms with E-state index in [9.17, 15) is 9.18 Å². The maximum atomic E-state index is 13.7. The van der Waals surface area contributed by atoms with Crippen LogP contribution in [0.4, 0.5) is 10.1 Å². The molecule has 0 aliphatic carbocycles. The number of amides is 1. The lowest BCUT2D eigenvalue weighted by molar-refractivity contribution is -0.124. The van der Waals surface area contributed by atoms with Gasteiger partial charge in [0.15, 0.2) is 0 Å². The second-order valence-electron chi connectivity index (χ2n) is 5.35. The van der Waals surface area contributed by atoms with Crippen molar-refractivity contribution in [1.29, 1.82) is 0 Å². The molecule has 2 aromatic rings. The van der Waals surface area contributed by atoms with E-state index in [0.29, 0.717) is 37.4 Å². The number of carbonyl (C=O) groups is 1. The predicted octanol–water partition coefficient (Wildman–Crippen LogP) is 1.46. The van der Waals surface area contributed by atoms with Gasteiger partial charge in [0.25, 0.3) is 0 Å². The topological polar surface area (TPSA) is 82.2 Å². The Balaban J connectivity index is 1.74. The van der Waals surface area contributed by atoms with E-state index < -0.39 is 5.54 Å². The fourth-order valence-corrected chi connectivity index (χ4v) is 2.37. The van der Waals surface area contributed by atoms with Crippen molar-refractivity contribution in [1.82, 2.24) is 9.78 Å². The maximum Gasteiger partial charge on any atom is 0.244 e. The van der Waals surface area contributed by atoms with E-state index >= 15 is 0 Å². The van der Waals surface area contributed by atoms with Crippen molar-refractivity contribution in [3.63, 3.8) is 0 Å². The number of nitrogens with zero attached hydrogens (tertiary/aromatic N) is 2. The van der Waals surface area contributed by atoms with Gasteiger partial charge < -0.3 is 15.8 Å². The van der Waals surface area contributed by atoms with Gasteiger partial charge in [0.05, 0.1) is 18.1 Å². The molecule has 0 unspecified atom stereocenters. The molecule has 1 saturated heterocycles. The van der Waals surface area contributed by atoms with Crippen molar-refractivity contribution >= 4 is 11.6 Å². The molecule has 3 rings (SSSR count). The lowest BCUT2D eigenvalue weighted by Crippen LogP contribution is -2.54. The largest absolute Gasteiger partial charge is 0.381 e. The second kappa shape index (κ2) is 5.86. The van der Waals surface area contributed by atoms with Crippen molar-refractivity contribution in [3.8, 4) is 5.69 Å². The molecule has 1 aromatic heterocycles. The van der Waals surface area contributed by atoms with Crippen LogP contribution in [0, 0.1) is 5.82 Å². The zero-order chi connectivity index (χ0) is 15.6. The summed E-state index contributed by atoms with van der Waals surface area (Å²) < 4.78 is 20.3. The first-order valence-corrected chi connectivity index (χ1v) is 7.06. The van der Waals surface area contributed by atoms with Gasteiger partial charge in [0, 0.05) is 13.2 Å². The first-order valence-electron chi connectivity index (χ1n) is 7.06. The summed E-state index contributed by atoms with van der Waals surface area (Å²) in [6, 6.07) is 6.28. The number of nitrogens with one attached hydrogen (secondary N) is 1. The first-order chi connectivity index (χ1) is 10.6. The second-order valence-corrected chi connectivity index (χ2v) is 5.35. The number of ether oxygens (including phenoxy) is 1. The average molecular weight is 304 g/mol. The Bertz CT molecular complexity index is 680. The molecule has 22 heavy (non-hydrogen) atoms. The Morgan fingerprint density at radius 3 is 2.82 bits per heavy atom. The summed E-state index contributed by atoms with van der Waals surface area (Å²) in [4.78, 5) is 12.3. The highest BCUT2D eigenvalue weighted by Gasteiger charge is 2.36. The van der Waals surface area contributed by atoms with Crippen molar-refractivity contribution in [3.05, 3.63) is 42.5 Å². The highest BCUT2D eigenvalue weighted by molar-refractivity contribution is 5.97. The molecule has 1 aliphatic rings. The summed E-state index contributed by atoms with van der Waals surface area (Å²) in [5, 5.41) is 6.80. The van der Waals surface area contributed by atoms with Gasteiger partial charge in [-0.2, -0.15) is 5.10 Å². The minimum Gasteiger partial charge on any atom is -0.381 e. The van der Waals surface area contributed by atoms with Gasteiger partial charge in [-0.05, 0) is 25.0 Å². The van der Waals surface area contributed by atoms with Crippen LogP contribution in [-0.2, 0) is 9.53 Å². The smallest absolute Gasteiger partial charge is 0.244 e. The SMILES string of the molecule is NC1(C(=O)Nc2cnn(-c3ccccc3F)c2)CCOCC1. The molecule has 0 saturated carbocycles. The number of hydrogen-bond acceptors (Lipinski definition) is 4. The van der Waals surface area contributed by atoms with E-state index in [-0.39, 0.29) is 11.7 Å². The van der Waals surface area contributed by atoms with Crippen molar-refractivity contribution in [2.45, 2.75) is 18.4 Å². The highest BCUT2D eigenvalue weighted by atomic mass is 19.1. The van der Waals surface area contributed by atoms with Gasteiger partial charge in [-0.15, -0.1) is 0 Å². The number of rotatable bonds is 3. The summed E-state index contributed by atoms with van der Waals surface area (Å²) in [5.41, 5.74) is 5.97. The molecule has 0 bridgehead atoms. The fraction of sp³-hybridized carbons (Fsp3) is 0.333. The van der Waals surface area contributed by atoms with E-state index in [1.807, 2.05) is 0 Å². The van der Waals surface area contributed by atoms with E-state index in [4.69, 9.17) is 10.5 Å². The number of nitrogens with two attached hydrogens (primary N) is 1. The van der Waals surface area contributed by atoms with Crippen molar-refractivity contribution in [2.24, 2.45) is 5.73 Å². The Hall–Kier alpha value is -2.25. The van der Waals surface area contributed by atoms with E-state index in [1.54, 1.807) is 24.4 Å². The van der Waals surface area contributed by atoms with Gasteiger partial charge in [-0.25, -0.2) is 9.07 Å². The first kappa shape index (κ1) is 14.7. The van der Waals surface area contributed by atoms with Gasteiger partial charge in [0.1, 0.15) is 17.0 Å². The molecular formula is C15H17FN4O2. The third-order valence-electron chi connectivity index (χ3n) is 3.78. The Morgan fingerprint density at radius 2 is 2.09 bits per heavy atom. The lowest BCUT2D eigenvalue weighted by Gasteiger charge is -2.31. The van der Waals surface area contributed by atoms with Crippen LogP contribution in [0.25, 0.3) is 5.69 Å². The molecule has 0 radical (unpaired) electrons. The Morgan fingerprint density at radius 1 is 1.36 bits per heavy atom. The van der Waals surface area contributed by atoms with E-state index in [1.165, 1.54) is 16.9 Å². The van der Waals surface area contributed by atoms with Crippen LogP contribution in [0.2, 0.25) is 0 Å². The molecular weight excluding hydrogens is 287 g/mol. The molecule has 116 valence electrons. The molecule has 0 atom stereocenters. The van der Waals surface area contributed by atoms with Gasteiger partial charge in [0.2, 0.25) is 5.91 Å². The standard InChI is InChI=1S/C15H17FN4O2/c16-12-3-1-2-4-13(12)20-10-11(9-18-20)19-14(21)15(17)5-7-22-8-6-15/h1-4,9-10H,5-8,17H2,(H,19,21). The number of hydrogen-bond donors (Lipinski definition) is 2. The van der Waals surface area contributed by atoms with E-state index in [2.05, 4.69) is 10.4 Å². The molecule has 7 heteroatoms. The quantitative estimate of drug-likeness (QED) is 0.899. The van der Waals surface area contributed by atoms with E-state index in [0.717, 1.165) is 0 Å². The number of aromatic nitrogens is 2. The molecule has 1 amide bonds. The van der Waals surface area contributed by atoms with Crippen LogP contribution >= 0.6 is 0 Å². The summed E-state index contributed by atoms with van der Waals surface area (Å²) in [6.07, 6.45) is 3.96. The zero-order valence-electron chi connectivity index (χ0n) is 12.0. The van der Waals surface area contributed by atoms with Crippen LogP contribution in [0.1, 0.15) is 12.8 Å². The summed E-state index contributed by atoms with van der Waals surface area (Å²) in [7, 11) is 0. The fourth-order valence-electron chi connectivity index (χ4n) is 2.37. The molecule has 1 fully saturated rings. The minimum atomic E-state index is -0.932. The molecule has 0 spiro atoms. The Kier molecular flexibility index (Phi) is 3.91. The van der Waals surface area contributed by atoms with Crippen LogP contribution < -0.4 is 11.1 Å². The maximum absolute atomic E-state index is 13.7. The van der Waals surface area contributed by atoms with Crippen molar-refractivity contribution < 1.29 is 13.9 Å². The van der Waals surface area contributed by atoms with Gasteiger partial charge >= 0.3 is 0 Å². The molecule has 3 N–H and O–H groups in total. The number of benzene rings is 1. The molecule has 1 aliphatic heterocycles. The number of halogens is 1. The number of para-hydroxylation sites is 1. The summed E-state index contributed by atoms with van der Waals surface area (Å²) in [6.45, 7) is 0.941. The van der Waals surface area contributed by atoms with Crippen molar-refractivity contribution in [2.75, 3.05) is 18.5 Å². The molecule has 2 heterocycles. The Labute approximate surface area is 127 Å². The van der Waals surface area contributed by atoms with Crippen LogP contribution in [0.5, 0.6) is 0 Å². The molecule has 6 nitrogen and oxygen atoms in total. The summed E-state index contributed by atoms with van der Waals surface area (Å²) in [5.74, 6) is -0.660.